The molecule has 0 aromatic heterocycles. The van der Waals surface area contributed by atoms with Crippen LogP contribution in [0.3, 0.4) is 0 Å². The molecule has 1 atom stereocenters. The number of carboxylic acids is 1. The second kappa shape index (κ2) is 4.69. The number of hydrogen-bond acceptors (Lipinski definition) is 3. The summed E-state index contributed by atoms with van der Waals surface area (Å²) in [5.41, 5.74) is 0.114. The predicted molar refractivity (Wildman–Crippen MR) is 57.0 cm³/mol. The number of aliphatic carboxylic acids is 1. The van der Waals surface area contributed by atoms with Gasteiger partial charge in [0, 0.05) is 13.1 Å². The Kier molecular flexibility index (Phi) is 3.74. The van der Waals surface area contributed by atoms with Crippen LogP contribution in [0.4, 0.5) is 4.79 Å². The molecule has 0 bridgehead atoms. The Morgan fingerprint density at radius 3 is 2.56 bits per heavy atom. The number of amides is 2. The normalized spacial score (nSPS) is 20.6. The number of hydrogen-bond donors (Lipinski definition) is 3. The van der Waals surface area contributed by atoms with Crippen molar-refractivity contribution < 1.29 is 19.8 Å². The summed E-state index contributed by atoms with van der Waals surface area (Å²) in [6, 6.07) is -0.314. The van der Waals surface area contributed by atoms with E-state index >= 15 is 0 Å². The van der Waals surface area contributed by atoms with E-state index in [9.17, 15) is 9.59 Å². The number of rotatable bonds is 3. The summed E-state index contributed by atoms with van der Waals surface area (Å²) in [5.74, 6) is -1.33. The van der Waals surface area contributed by atoms with Gasteiger partial charge in [0.1, 0.15) is 0 Å². The van der Waals surface area contributed by atoms with E-state index in [4.69, 9.17) is 10.2 Å². The lowest BCUT2D eigenvalue weighted by atomic mass is 9.93. The first-order valence-corrected chi connectivity index (χ1v) is 5.25. The van der Waals surface area contributed by atoms with Gasteiger partial charge >= 0.3 is 12.0 Å². The highest BCUT2D eigenvalue weighted by Gasteiger charge is 2.32. The van der Waals surface area contributed by atoms with Gasteiger partial charge in [0.2, 0.25) is 0 Å². The van der Waals surface area contributed by atoms with Crippen molar-refractivity contribution in [3.05, 3.63) is 0 Å². The zero-order valence-electron chi connectivity index (χ0n) is 9.56. The minimum absolute atomic E-state index is 0.114. The van der Waals surface area contributed by atoms with Gasteiger partial charge in [0.15, 0.2) is 6.10 Å². The Morgan fingerprint density at radius 2 is 2.12 bits per heavy atom. The van der Waals surface area contributed by atoms with Gasteiger partial charge < -0.3 is 20.4 Å². The zero-order chi connectivity index (χ0) is 12.3. The molecule has 0 aromatic carbocycles. The van der Waals surface area contributed by atoms with Crippen molar-refractivity contribution in [2.24, 2.45) is 5.41 Å². The second-order valence-electron chi connectivity index (χ2n) is 4.88. The molecular formula is C10H18N2O4. The van der Waals surface area contributed by atoms with Crippen molar-refractivity contribution in [2.45, 2.75) is 26.4 Å². The number of carbonyl (C=O) groups excluding carboxylic acids is 1. The number of nitrogens with zero attached hydrogens (tertiary/aromatic N) is 1. The van der Waals surface area contributed by atoms with Crippen molar-refractivity contribution in [2.75, 3.05) is 19.6 Å². The average molecular weight is 230 g/mol. The number of likely N-dealkylation sites (tertiary alicyclic amines) is 1. The summed E-state index contributed by atoms with van der Waals surface area (Å²) >= 11 is 0. The molecule has 0 spiro atoms. The van der Waals surface area contributed by atoms with Crippen molar-refractivity contribution in [3.63, 3.8) is 0 Å². The molecule has 6 heteroatoms. The van der Waals surface area contributed by atoms with Gasteiger partial charge in [-0.05, 0) is 11.8 Å². The molecule has 1 saturated heterocycles. The van der Waals surface area contributed by atoms with Crippen LogP contribution in [-0.4, -0.2) is 52.9 Å². The Balaban J connectivity index is 2.34. The van der Waals surface area contributed by atoms with Crippen LogP contribution in [0, 0.1) is 5.41 Å². The molecule has 3 N–H and O–H groups in total. The smallest absolute Gasteiger partial charge is 0.334 e. The van der Waals surface area contributed by atoms with Gasteiger partial charge in [-0.25, -0.2) is 9.59 Å². The van der Waals surface area contributed by atoms with E-state index in [1.807, 2.05) is 0 Å². The van der Waals surface area contributed by atoms with Crippen molar-refractivity contribution in [1.29, 1.82) is 0 Å². The van der Waals surface area contributed by atoms with Crippen LogP contribution >= 0.6 is 0 Å². The van der Waals surface area contributed by atoms with E-state index < -0.39 is 12.1 Å². The summed E-state index contributed by atoms with van der Waals surface area (Å²) in [6.45, 7) is 5.22. The molecular weight excluding hydrogens is 212 g/mol. The van der Waals surface area contributed by atoms with Gasteiger partial charge in [-0.2, -0.15) is 0 Å². The molecule has 1 unspecified atom stereocenters. The molecule has 16 heavy (non-hydrogen) atoms. The molecule has 0 saturated carbocycles. The van der Waals surface area contributed by atoms with E-state index in [0.29, 0.717) is 13.1 Å². The Labute approximate surface area is 94.2 Å². The minimum Gasteiger partial charge on any atom is -0.479 e. The third-order valence-electron chi connectivity index (χ3n) is 2.70. The molecule has 1 fully saturated rings. The summed E-state index contributed by atoms with van der Waals surface area (Å²) in [7, 11) is 0. The van der Waals surface area contributed by atoms with Gasteiger partial charge in [-0.15, -0.1) is 0 Å². The van der Waals surface area contributed by atoms with Crippen LogP contribution in [0.5, 0.6) is 0 Å². The van der Waals surface area contributed by atoms with Crippen molar-refractivity contribution >= 4 is 12.0 Å². The number of urea groups is 1. The lowest BCUT2D eigenvalue weighted by Crippen LogP contribution is -2.44. The topological polar surface area (TPSA) is 89.9 Å². The molecule has 1 rings (SSSR count). The summed E-state index contributed by atoms with van der Waals surface area (Å²) < 4.78 is 0. The molecule has 0 radical (unpaired) electrons. The number of aliphatic hydroxyl groups is 1. The van der Waals surface area contributed by atoms with Crippen molar-refractivity contribution in [1.82, 2.24) is 10.2 Å². The highest BCUT2D eigenvalue weighted by Crippen LogP contribution is 2.28. The fourth-order valence-electron chi connectivity index (χ4n) is 1.67. The largest absolute Gasteiger partial charge is 0.479 e. The van der Waals surface area contributed by atoms with Crippen LogP contribution in [0.15, 0.2) is 0 Å². The van der Waals surface area contributed by atoms with E-state index in [-0.39, 0.29) is 18.0 Å². The lowest BCUT2D eigenvalue weighted by molar-refractivity contribution is -0.146. The number of carboxylic acid groups (broad SMARTS) is 1. The second-order valence-corrected chi connectivity index (χ2v) is 4.88. The van der Waals surface area contributed by atoms with Crippen LogP contribution in [0.1, 0.15) is 20.3 Å². The maximum atomic E-state index is 11.6. The fourth-order valence-corrected chi connectivity index (χ4v) is 1.67. The minimum atomic E-state index is -1.54. The molecule has 0 aliphatic carbocycles. The third kappa shape index (κ3) is 3.37. The highest BCUT2D eigenvalue weighted by atomic mass is 16.4. The summed E-state index contributed by atoms with van der Waals surface area (Å²) in [4.78, 5) is 23.5. The molecule has 1 aliphatic rings. The van der Waals surface area contributed by atoms with E-state index in [0.717, 1.165) is 6.42 Å². The molecule has 2 amide bonds. The standard InChI is InChI=1S/C10H18N2O4/c1-10(2)3-4-12(6-10)9(16)11-5-7(13)8(14)15/h7,13H,3-6H2,1-2H3,(H,11,16)(H,14,15). The molecule has 0 aromatic rings. The van der Waals surface area contributed by atoms with Gasteiger partial charge in [-0.1, -0.05) is 13.8 Å². The molecule has 92 valence electrons. The first-order chi connectivity index (χ1) is 7.32. The Hall–Kier alpha value is -1.30. The Morgan fingerprint density at radius 1 is 1.50 bits per heavy atom. The van der Waals surface area contributed by atoms with E-state index in [1.54, 1.807) is 4.90 Å². The Bertz CT molecular complexity index is 291. The first kappa shape index (κ1) is 12.8. The average Bonchev–Trinajstić information content (AvgIpc) is 2.54. The highest BCUT2D eigenvalue weighted by molar-refractivity contribution is 5.77. The van der Waals surface area contributed by atoms with E-state index in [1.165, 1.54) is 0 Å². The number of nitrogens with one attached hydrogen (secondary N) is 1. The summed E-state index contributed by atoms with van der Waals surface area (Å²) in [6.07, 6.45) is -0.610. The maximum absolute atomic E-state index is 11.6. The molecule has 6 nitrogen and oxygen atoms in total. The van der Waals surface area contributed by atoms with Gasteiger partial charge in [0.05, 0.1) is 6.54 Å². The quantitative estimate of drug-likeness (QED) is 0.630. The molecule has 1 heterocycles. The fraction of sp³-hybridized carbons (Fsp3) is 0.800. The van der Waals surface area contributed by atoms with Gasteiger partial charge in [-0.3, -0.25) is 0 Å². The SMILES string of the molecule is CC1(C)CCN(C(=O)NCC(O)C(=O)O)C1. The number of aliphatic hydroxyl groups excluding tert-OH is 1. The van der Waals surface area contributed by atoms with Crippen LogP contribution in [0.2, 0.25) is 0 Å². The lowest BCUT2D eigenvalue weighted by Gasteiger charge is -2.20. The maximum Gasteiger partial charge on any atom is 0.334 e. The van der Waals surface area contributed by atoms with Crippen LogP contribution < -0.4 is 5.32 Å². The zero-order valence-corrected chi connectivity index (χ0v) is 9.56. The van der Waals surface area contributed by atoms with Crippen LogP contribution in [0.25, 0.3) is 0 Å². The third-order valence-corrected chi connectivity index (χ3v) is 2.70. The van der Waals surface area contributed by atoms with Gasteiger partial charge in [0.25, 0.3) is 0 Å². The number of carbonyl (C=O) groups is 2. The first-order valence-electron chi connectivity index (χ1n) is 5.25. The predicted octanol–water partition coefficient (Wildman–Crippen LogP) is -0.127. The van der Waals surface area contributed by atoms with E-state index in [2.05, 4.69) is 19.2 Å². The summed E-state index contributed by atoms with van der Waals surface area (Å²) in [5, 5.41) is 19.8. The molecule has 1 aliphatic heterocycles. The van der Waals surface area contributed by atoms with Crippen LogP contribution in [-0.2, 0) is 4.79 Å². The van der Waals surface area contributed by atoms with Crippen molar-refractivity contribution in [3.8, 4) is 0 Å². The monoisotopic (exact) mass is 230 g/mol.